The lowest BCUT2D eigenvalue weighted by molar-refractivity contribution is -0.117. The molecule has 0 bridgehead atoms. The van der Waals surface area contributed by atoms with Gasteiger partial charge in [-0.3, -0.25) is 4.79 Å². The van der Waals surface area contributed by atoms with E-state index in [0.29, 0.717) is 0 Å². The molecule has 46 valence electrons. The van der Waals surface area contributed by atoms with Crippen molar-refractivity contribution >= 4 is 5.91 Å². The maximum atomic E-state index is 10.4. The molecule has 0 atom stereocenters. The second kappa shape index (κ2) is 2.90. The molecular weight excluding hydrogens is 106 g/mol. The molecule has 0 aliphatic heterocycles. The van der Waals surface area contributed by atoms with Crippen LogP contribution in [-0.4, -0.2) is 13.0 Å². The van der Waals surface area contributed by atoms with Gasteiger partial charge in [-0.25, -0.2) is 0 Å². The predicted molar refractivity (Wildman–Crippen MR) is 30.5 cm³/mol. The van der Waals surface area contributed by atoms with E-state index in [9.17, 15) is 4.79 Å². The first kappa shape index (κ1) is 6.81. The second-order valence-electron chi connectivity index (χ2n) is 1.20. The van der Waals surface area contributed by atoms with E-state index in [2.05, 4.69) is 5.32 Å². The fourth-order valence-corrected chi connectivity index (χ4v) is 0.220. The third-order valence-electron chi connectivity index (χ3n) is 0.669. The van der Waals surface area contributed by atoms with Crippen LogP contribution in [0.5, 0.6) is 0 Å². The van der Waals surface area contributed by atoms with Crippen molar-refractivity contribution in [3.63, 3.8) is 0 Å². The molecule has 0 aromatic carbocycles. The van der Waals surface area contributed by atoms with Gasteiger partial charge in [0, 0.05) is 13.2 Å². The van der Waals surface area contributed by atoms with Crippen molar-refractivity contribution in [2.45, 2.75) is 0 Å². The Kier molecular flexibility index (Phi) is 2.47. The van der Waals surface area contributed by atoms with Gasteiger partial charge in [0.2, 0.25) is 0 Å². The average Bonchev–Trinajstić information content (AvgIpc) is 1.84. The molecule has 0 spiro atoms. The molecule has 5 N–H and O–H groups in total. The van der Waals surface area contributed by atoms with Gasteiger partial charge in [0.15, 0.2) is 0 Å². The predicted octanol–water partition coefficient (Wildman–Crippen LogP) is -1.51. The van der Waals surface area contributed by atoms with Crippen LogP contribution in [0.25, 0.3) is 0 Å². The second-order valence-corrected chi connectivity index (χ2v) is 1.20. The topological polar surface area (TPSA) is 81.1 Å². The molecule has 8 heavy (non-hydrogen) atoms. The van der Waals surface area contributed by atoms with Gasteiger partial charge in [-0.1, -0.05) is 0 Å². The fourth-order valence-electron chi connectivity index (χ4n) is 0.220. The number of amides is 1. The summed E-state index contributed by atoms with van der Waals surface area (Å²) in [6.07, 6.45) is 1.05. The molecule has 0 radical (unpaired) electrons. The van der Waals surface area contributed by atoms with Crippen LogP contribution in [0.3, 0.4) is 0 Å². The molecule has 0 fully saturated rings. The molecule has 1 amide bonds. The Bertz CT molecular complexity index is 118. The zero-order valence-electron chi connectivity index (χ0n) is 4.64. The van der Waals surface area contributed by atoms with Crippen LogP contribution in [0.15, 0.2) is 11.9 Å². The smallest absolute Gasteiger partial charge is 0.268 e. The summed E-state index contributed by atoms with van der Waals surface area (Å²) in [7, 11) is 1.48. The molecule has 4 heteroatoms. The van der Waals surface area contributed by atoms with E-state index in [-0.39, 0.29) is 11.6 Å². The van der Waals surface area contributed by atoms with Crippen molar-refractivity contribution in [3.05, 3.63) is 11.9 Å². The number of nitrogens with two attached hydrogens (primary N) is 2. The van der Waals surface area contributed by atoms with Crippen molar-refractivity contribution in [2.75, 3.05) is 7.05 Å². The van der Waals surface area contributed by atoms with Crippen LogP contribution in [0.4, 0.5) is 0 Å². The van der Waals surface area contributed by atoms with Crippen molar-refractivity contribution < 1.29 is 4.79 Å². The lowest BCUT2D eigenvalue weighted by atomic mass is 10.5. The van der Waals surface area contributed by atoms with Crippen molar-refractivity contribution in [3.8, 4) is 0 Å². The standard InChI is InChI=1S/C4H9N3O/c1-7-4(8)3(6)2-5/h2H,5-6H2,1H3,(H,7,8). The van der Waals surface area contributed by atoms with Gasteiger partial charge in [0.05, 0.1) is 0 Å². The number of carbonyl (C=O) groups excluding carboxylic acids is 1. The van der Waals surface area contributed by atoms with Crippen molar-refractivity contribution in [1.29, 1.82) is 0 Å². The summed E-state index contributed by atoms with van der Waals surface area (Å²) in [4.78, 5) is 10.4. The monoisotopic (exact) mass is 115 g/mol. The highest BCUT2D eigenvalue weighted by Crippen LogP contribution is 1.74. The molecule has 4 nitrogen and oxygen atoms in total. The number of nitrogens with one attached hydrogen (secondary N) is 1. The molecule has 0 rings (SSSR count). The van der Waals surface area contributed by atoms with E-state index < -0.39 is 0 Å². The molecule has 0 heterocycles. The van der Waals surface area contributed by atoms with E-state index in [0.717, 1.165) is 6.20 Å². The summed E-state index contributed by atoms with van der Waals surface area (Å²) in [6, 6.07) is 0. The minimum atomic E-state index is -0.354. The first-order chi connectivity index (χ1) is 3.72. The fraction of sp³-hybridized carbons (Fsp3) is 0.250. The highest BCUT2D eigenvalue weighted by atomic mass is 16.1. The number of hydrogen-bond donors (Lipinski definition) is 3. The maximum Gasteiger partial charge on any atom is 0.268 e. The third kappa shape index (κ3) is 1.51. The van der Waals surface area contributed by atoms with E-state index >= 15 is 0 Å². The van der Waals surface area contributed by atoms with E-state index in [4.69, 9.17) is 11.5 Å². The zero-order chi connectivity index (χ0) is 6.57. The van der Waals surface area contributed by atoms with Crippen LogP contribution < -0.4 is 16.8 Å². The van der Waals surface area contributed by atoms with Gasteiger partial charge in [0.1, 0.15) is 5.70 Å². The highest BCUT2D eigenvalue weighted by Gasteiger charge is 1.96. The Morgan fingerprint density at radius 1 is 1.75 bits per heavy atom. The van der Waals surface area contributed by atoms with Crippen LogP contribution in [-0.2, 0) is 4.79 Å². The van der Waals surface area contributed by atoms with Crippen molar-refractivity contribution in [2.24, 2.45) is 11.5 Å². The van der Waals surface area contributed by atoms with Gasteiger partial charge < -0.3 is 16.8 Å². The molecule has 0 aliphatic carbocycles. The SMILES string of the molecule is CNC(=O)C(N)=CN. The lowest BCUT2D eigenvalue weighted by Crippen LogP contribution is -2.25. The first-order valence-corrected chi connectivity index (χ1v) is 2.11. The molecule has 0 saturated carbocycles. The third-order valence-corrected chi connectivity index (χ3v) is 0.669. The van der Waals surface area contributed by atoms with Crippen molar-refractivity contribution in [1.82, 2.24) is 5.32 Å². The quantitative estimate of drug-likeness (QED) is 0.363. The summed E-state index contributed by atoms with van der Waals surface area (Å²) in [5.41, 5.74) is 9.99. The lowest BCUT2D eigenvalue weighted by Gasteiger charge is -1.94. The Balaban J connectivity index is 3.83. The largest absolute Gasteiger partial charge is 0.403 e. The van der Waals surface area contributed by atoms with E-state index in [1.165, 1.54) is 7.05 Å². The Morgan fingerprint density at radius 3 is 2.38 bits per heavy atom. The van der Waals surface area contributed by atoms with Gasteiger partial charge in [0.25, 0.3) is 5.91 Å². The normalized spacial score (nSPS) is 10.9. The van der Waals surface area contributed by atoms with Crippen LogP contribution in [0.1, 0.15) is 0 Å². The molecule has 0 aliphatic rings. The van der Waals surface area contributed by atoms with Crippen LogP contribution >= 0.6 is 0 Å². The Hall–Kier alpha value is -1.19. The maximum absolute atomic E-state index is 10.4. The zero-order valence-corrected chi connectivity index (χ0v) is 4.64. The molecule has 0 saturated heterocycles. The van der Waals surface area contributed by atoms with Crippen LogP contribution in [0.2, 0.25) is 0 Å². The minimum Gasteiger partial charge on any atom is -0.403 e. The molecule has 0 aromatic rings. The summed E-state index contributed by atoms with van der Waals surface area (Å²) < 4.78 is 0. The number of carbonyl (C=O) groups is 1. The summed E-state index contributed by atoms with van der Waals surface area (Å²) in [5, 5.41) is 2.30. The van der Waals surface area contributed by atoms with Gasteiger partial charge in [-0.05, 0) is 0 Å². The molecule has 0 unspecified atom stereocenters. The Morgan fingerprint density at radius 2 is 2.25 bits per heavy atom. The molecule has 0 aromatic heterocycles. The molecular formula is C4H9N3O. The number of likely N-dealkylation sites (N-methyl/N-ethyl adjacent to an activating group) is 1. The minimum absolute atomic E-state index is 0.0347. The highest BCUT2D eigenvalue weighted by molar-refractivity contribution is 5.91. The van der Waals surface area contributed by atoms with Gasteiger partial charge in [-0.2, -0.15) is 0 Å². The average molecular weight is 115 g/mol. The van der Waals surface area contributed by atoms with Gasteiger partial charge in [-0.15, -0.1) is 0 Å². The van der Waals surface area contributed by atoms with E-state index in [1.54, 1.807) is 0 Å². The van der Waals surface area contributed by atoms with Gasteiger partial charge >= 0.3 is 0 Å². The Labute approximate surface area is 47.5 Å². The number of hydrogen-bond acceptors (Lipinski definition) is 3. The summed E-state index contributed by atoms with van der Waals surface area (Å²) in [6.45, 7) is 0. The van der Waals surface area contributed by atoms with Crippen LogP contribution in [0, 0.1) is 0 Å². The van der Waals surface area contributed by atoms with E-state index in [1.807, 2.05) is 0 Å². The summed E-state index contributed by atoms with van der Waals surface area (Å²) >= 11 is 0. The first-order valence-electron chi connectivity index (χ1n) is 2.11. The summed E-state index contributed by atoms with van der Waals surface area (Å²) in [5.74, 6) is -0.354. The number of rotatable bonds is 1.